The topological polar surface area (TPSA) is 55.8 Å². The van der Waals surface area contributed by atoms with E-state index in [4.69, 9.17) is 9.47 Å². The van der Waals surface area contributed by atoms with Crippen LogP contribution < -0.4 is 4.74 Å². The molecule has 1 unspecified atom stereocenters. The fourth-order valence-electron chi connectivity index (χ4n) is 2.69. The fraction of sp³-hybridized carbons (Fsp3) is 0.348. The van der Waals surface area contributed by atoms with Gasteiger partial charge in [0.1, 0.15) is 15.8 Å². The monoisotopic (exact) mass is 744 g/mol. The zero-order chi connectivity index (χ0) is 22.1. The van der Waals surface area contributed by atoms with Gasteiger partial charge in [-0.2, -0.15) is 0 Å². The summed E-state index contributed by atoms with van der Waals surface area (Å²) in [6, 6.07) is 5.69. The number of carbonyl (C=O) groups is 1. The SMILES string of the molecule is CCO[C@@H](Cc1ccc(OC/C=C(\C)C#CC2(I)C=CC=C(I)C2)c(I)c1)C(=O)O. The van der Waals surface area contributed by atoms with E-state index in [2.05, 4.69) is 97.8 Å². The maximum Gasteiger partial charge on any atom is 0.333 e. The molecule has 30 heavy (non-hydrogen) atoms. The molecule has 1 N–H and O–H groups in total. The summed E-state index contributed by atoms with van der Waals surface area (Å²) in [4.78, 5) is 11.3. The molecule has 0 spiro atoms. The largest absolute Gasteiger partial charge is 0.488 e. The van der Waals surface area contributed by atoms with Gasteiger partial charge in [-0.05, 0) is 92.0 Å². The van der Waals surface area contributed by atoms with E-state index < -0.39 is 12.1 Å². The average molecular weight is 744 g/mol. The van der Waals surface area contributed by atoms with Gasteiger partial charge in [0, 0.05) is 19.4 Å². The van der Waals surface area contributed by atoms with Gasteiger partial charge in [-0.15, -0.1) is 0 Å². The smallest absolute Gasteiger partial charge is 0.333 e. The molecule has 4 nitrogen and oxygen atoms in total. The van der Waals surface area contributed by atoms with E-state index in [0.717, 1.165) is 26.9 Å². The van der Waals surface area contributed by atoms with Crippen LogP contribution in [0.5, 0.6) is 5.75 Å². The molecule has 0 bridgehead atoms. The van der Waals surface area contributed by atoms with Crippen molar-refractivity contribution >= 4 is 73.7 Å². The van der Waals surface area contributed by atoms with Crippen molar-refractivity contribution in [3.05, 3.63) is 60.8 Å². The molecular formula is C23H23I3O4. The molecule has 1 aromatic rings. The lowest BCUT2D eigenvalue weighted by atomic mass is 10.0. The minimum absolute atomic E-state index is 0.153. The molecule has 7 heteroatoms. The van der Waals surface area contributed by atoms with Crippen molar-refractivity contribution in [3.63, 3.8) is 0 Å². The maximum absolute atomic E-state index is 11.3. The number of rotatable bonds is 8. The second kappa shape index (κ2) is 12.5. The highest BCUT2D eigenvalue weighted by Gasteiger charge is 2.23. The third kappa shape index (κ3) is 8.51. The number of alkyl halides is 1. The minimum Gasteiger partial charge on any atom is -0.488 e. The summed E-state index contributed by atoms with van der Waals surface area (Å²) in [6.45, 7) is 4.57. The molecule has 1 aliphatic carbocycles. The van der Waals surface area contributed by atoms with Crippen LogP contribution in [0.3, 0.4) is 0 Å². The van der Waals surface area contributed by atoms with Gasteiger partial charge in [-0.3, -0.25) is 0 Å². The van der Waals surface area contributed by atoms with Crippen LogP contribution in [-0.2, 0) is 16.0 Å². The second-order valence-electron chi connectivity index (χ2n) is 6.71. The van der Waals surface area contributed by atoms with E-state index in [-0.39, 0.29) is 3.42 Å². The number of carboxylic acids is 1. The summed E-state index contributed by atoms with van der Waals surface area (Å²) in [6.07, 6.45) is 8.71. The first kappa shape index (κ1) is 25.7. The third-order valence-corrected chi connectivity index (χ3v) is 6.81. The molecule has 0 heterocycles. The molecule has 1 aromatic carbocycles. The highest BCUT2D eigenvalue weighted by Crippen LogP contribution is 2.34. The van der Waals surface area contributed by atoms with Gasteiger partial charge in [0.2, 0.25) is 0 Å². The van der Waals surface area contributed by atoms with Crippen LogP contribution in [0.1, 0.15) is 25.8 Å². The van der Waals surface area contributed by atoms with Gasteiger partial charge in [-0.1, -0.05) is 58.7 Å². The summed E-state index contributed by atoms with van der Waals surface area (Å²) >= 11 is 6.95. The Morgan fingerprint density at radius 1 is 1.40 bits per heavy atom. The van der Waals surface area contributed by atoms with E-state index in [1.165, 1.54) is 3.58 Å². The van der Waals surface area contributed by atoms with E-state index in [1.807, 2.05) is 31.2 Å². The van der Waals surface area contributed by atoms with E-state index in [0.29, 0.717) is 19.6 Å². The number of benzene rings is 1. The molecule has 0 fully saturated rings. The molecule has 0 saturated carbocycles. The number of aliphatic carboxylic acids is 1. The van der Waals surface area contributed by atoms with Crippen LogP contribution >= 0.6 is 67.8 Å². The van der Waals surface area contributed by atoms with Gasteiger partial charge in [0.15, 0.2) is 6.10 Å². The predicted octanol–water partition coefficient (Wildman–Crippen LogP) is 6.10. The highest BCUT2D eigenvalue weighted by molar-refractivity contribution is 14.1. The van der Waals surface area contributed by atoms with Crippen molar-refractivity contribution in [2.24, 2.45) is 0 Å². The zero-order valence-corrected chi connectivity index (χ0v) is 23.2. The normalized spacial score (nSPS) is 19.5. The Morgan fingerprint density at radius 3 is 2.80 bits per heavy atom. The summed E-state index contributed by atoms with van der Waals surface area (Å²) in [5.74, 6) is 6.41. The van der Waals surface area contributed by atoms with Crippen molar-refractivity contribution in [2.75, 3.05) is 13.2 Å². The number of hydrogen-bond donors (Lipinski definition) is 1. The van der Waals surface area contributed by atoms with Gasteiger partial charge in [0.25, 0.3) is 0 Å². The highest BCUT2D eigenvalue weighted by atomic mass is 127. The molecule has 2 atom stereocenters. The lowest BCUT2D eigenvalue weighted by molar-refractivity contribution is -0.149. The Kier molecular flexibility index (Phi) is 10.7. The number of ether oxygens (including phenoxy) is 2. The summed E-state index contributed by atoms with van der Waals surface area (Å²) in [7, 11) is 0. The molecule has 0 aliphatic heterocycles. The first-order valence-electron chi connectivity index (χ1n) is 9.41. The predicted molar refractivity (Wildman–Crippen MR) is 146 cm³/mol. The molecule has 160 valence electrons. The molecule has 0 radical (unpaired) electrons. The number of halogens is 3. The van der Waals surface area contributed by atoms with E-state index in [9.17, 15) is 9.90 Å². The third-order valence-electron chi connectivity index (χ3n) is 4.22. The second-order valence-corrected chi connectivity index (χ2v) is 11.2. The Balaban J connectivity index is 1.95. The molecule has 1 aliphatic rings. The first-order chi connectivity index (χ1) is 14.2. The van der Waals surface area contributed by atoms with Crippen LogP contribution in [0.4, 0.5) is 0 Å². The number of hydrogen-bond acceptors (Lipinski definition) is 3. The van der Waals surface area contributed by atoms with Crippen molar-refractivity contribution in [1.82, 2.24) is 0 Å². The van der Waals surface area contributed by atoms with Gasteiger partial charge in [0.05, 0.1) is 3.57 Å². The fourth-order valence-corrected chi connectivity index (χ4v) is 5.71. The lowest BCUT2D eigenvalue weighted by Crippen LogP contribution is -2.26. The first-order valence-corrected chi connectivity index (χ1v) is 12.6. The van der Waals surface area contributed by atoms with Gasteiger partial charge < -0.3 is 14.6 Å². The van der Waals surface area contributed by atoms with E-state index in [1.54, 1.807) is 6.92 Å². The van der Waals surface area contributed by atoms with Crippen LogP contribution in [-0.4, -0.2) is 33.8 Å². The average Bonchev–Trinajstić information content (AvgIpc) is 2.67. The lowest BCUT2D eigenvalue weighted by Gasteiger charge is -2.19. The summed E-state index contributed by atoms with van der Waals surface area (Å²) < 4.78 is 13.2. The summed E-state index contributed by atoms with van der Waals surface area (Å²) in [5.41, 5.74) is 1.87. The Bertz CT molecular complexity index is 924. The van der Waals surface area contributed by atoms with Crippen LogP contribution in [0, 0.1) is 15.4 Å². The Labute approximate surface area is 219 Å². The Hall–Kier alpha value is -0.580. The molecule has 0 amide bonds. The Morgan fingerprint density at radius 2 is 2.17 bits per heavy atom. The van der Waals surface area contributed by atoms with Crippen molar-refractivity contribution in [1.29, 1.82) is 0 Å². The quantitative estimate of drug-likeness (QED) is 0.199. The molecule has 0 saturated heterocycles. The zero-order valence-electron chi connectivity index (χ0n) is 16.8. The minimum atomic E-state index is -0.948. The van der Waals surface area contributed by atoms with Gasteiger partial charge in [-0.25, -0.2) is 4.79 Å². The molecular weight excluding hydrogens is 721 g/mol. The standard InChI is InChI=1S/C23H23I3O4/c1-3-29-21(22(27)28)14-17-6-7-20(19(25)13-17)30-12-9-16(2)8-11-23(26)10-4-5-18(24)15-23/h4-7,9-10,13,21H,3,12,14-15H2,1-2H3,(H,27,28)/b16-9+/t21-,23?/m0/s1. The number of allylic oxidation sites excluding steroid dienone is 5. The van der Waals surface area contributed by atoms with Crippen molar-refractivity contribution in [3.8, 4) is 17.6 Å². The maximum atomic E-state index is 11.3. The van der Waals surface area contributed by atoms with Crippen LogP contribution in [0.2, 0.25) is 0 Å². The molecule has 2 rings (SSSR count). The summed E-state index contributed by atoms with van der Waals surface area (Å²) in [5, 5.41) is 9.24. The van der Waals surface area contributed by atoms with E-state index >= 15 is 0 Å². The van der Waals surface area contributed by atoms with Crippen molar-refractivity contribution < 1.29 is 19.4 Å². The van der Waals surface area contributed by atoms with Crippen LogP contribution in [0.15, 0.2) is 51.7 Å². The van der Waals surface area contributed by atoms with Crippen molar-refractivity contribution in [2.45, 2.75) is 36.2 Å². The number of carboxylic acid groups (broad SMARTS) is 1. The van der Waals surface area contributed by atoms with Gasteiger partial charge >= 0.3 is 5.97 Å². The van der Waals surface area contributed by atoms with Crippen LogP contribution in [0.25, 0.3) is 0 Å². The molecule has 0 aromatic heterocycles.